The molecule has 7 nitrogen and oxygen atoms in total. The number of amides is 1. The first-order valence-electron chi connectivity index (χ1n) is 8.98. The van der Waals surface area contributed by atoms with Crippen molar-refractivity contribution >= 4 is 52.0 Å². The number of halogens is 3. The molecule has 0 radical (unpaired) electrons. The Hall–Kier alpha value is -3.00. The number of aromatic nitrogens is 1. The Morgan fingerprint density at radius 1 is 1.13 bits per heavy atom. The fraction of sp³-hybridized carbons (Fsp3) is 0.0952. The zero-order valence-electron chi connectivity index (χ0n) is 15.8. The summed E-state index contributed by atoms with van der Waals surface area (Å²) in [6, 6.07) is 11.8. The molecule has 10 heteroatoms. The summed E-state index contributed by atoms with van der Waals surface area (Å²) in [7, 11) is 0. The van der Waals surface area contributed by atoms with Crippen molar-refractivity contribution in [3.63, 3.8) is 0 Å². The largest absolute Gasteiger partial charge is 0.488 e. The van der Waals surface area contributed by atoms with Gasteiger partial charge < -0.3 is 14.0 Å². The van der Waals surface area contributed by atoms with E-state index in [-0.39, 0.29) is 13.2 Å². The second kappa shape index (κ2) is 9.43. The number of hydrazone groups is 1. The number of hydrogen-bond acceptors (Lipinski definition) is 6. The quantitative estimate of drug-likeness (QED) is 0.390. The molecular weight excluding hydrogens is 465 g/mol. The third kappa shape index (κ3) is 5.02. The number of nitrogens with zero attached hydrogens (tertiary/aromatic N) is 2. The van der Waals surface area contributed by atoms with E-state index >= 15 is 0 Å². The van der Waals surface area contributed by atoms with E-state index < -0.39 is 5.91 Å². The van der Waals surface area contributed by atoms with Crippen LogP contribution in [0.4, 0.5) is 0 Å². The van der Waals surface area contributed by atoms with E-state index in [1.807, 2.05) is 0 Å². The van der Waals surface area contributed by atoms with Crippen molar-refractivity contribution in [3.05, 3.63) is 69.8 Å². The smallest absolute Gasteiger partial charge is 0.277 e. The SMILES string of the molecule is O=C(COc1ccc(Cl)cc1-c1ccno1)N/N=C/C1=C(Cl)c2cc(Cl)ccc2OC1. The maximum Gasteiger partial charge on any atom is 0.277 e. The van der Waals surface area contributed by atoms with E-state index in [1.165, 1.54) is 12.4 Å². The average Bonchev–Trinajstić information content (AvgIpc) is 3.29. The summed E-state index contributed by atoms with van der Waals surface area (Å²) in [6.45, 7) is -0.0590. The topological polar surface area (TPSA) is 86.0 Å². The molecule has 1 amide bonds. The number of rotatable bonds is 6. The van der Waals surface area contributed by atoms with Gasteiger partial charge in [-0.1, -0.05) is 40.0 Å². The van der Waals surface area contributed by atoms with Gasteiger partial charge >= 0.3 is 0 Å². The second-order valence-corrected chi connectivity index (χ2v) is 7.62. The van der Waals surface area contributed by atoms with Gasteiger partial charge in [0, 0.05) is 27.2 Å². The number of ether oxygens (including phenoxy) is 2. The van der Waals surface area contributed by atoms with Gasteiger partial charge in [-0.05, 0) is 36.4 Å². The fourth-order valence-electron chi connectivity index (χ4n) is 2.82. The van der Waals surface area contributed by atoms with Crippen molar-refractivity contribution in [1.29, 1.82) is 0 Å². The van der Waals surface area contributed by atoms with Gasteiger partial charge in [-0.15, -0.1) is 0 Å². The summed E-state index contributed by atoms with van der Waals surface area (Å²) in [6.07, 6.45) is 2.93. The Balaban J connectivity index is 1.39. The molecule has 2 heterocycles. The van der Waals surface area contributed by atoms with E-state index in [4.69, 9.17) is 48.8 Å². The van der Waals surface area contributed by atoms with Crippen molar-refractivity contribution in [2.45, 2.75) is 0 Å². The number of carbonyl (C=O) groups excluding carboxylic acids is 1. The van der Waals surface area contributed by atoms with Gasteiger partial charge in [0.2, 0.25) is 0 Å². The Morgan fingerprint density at radius 3 is 2.68 bits per heavy atom. The number of carbonyl (C=O) groups is 1. The third-order valence-electron chi connectivity index (χ3n) is 4.26. The molecular formula is C21H14Cl3N3O4. The molecule has 158 valence electrons. The minimum absolute atomic E-state index is 0.217. The van der Waals surface area contributed by atoms with Crippen LogP contribution in [0.1, 0.15) is 5.56 Å². The molecule has 3 aromatic rings. The van der Waals surface area contributed by atoms with Crippen LogP contribution >= 0.6 is 34.8 Å². The Kier molecular flexibility index (Phi) is 6.46. The summed E-state index contributed by atoms with van der Waals surface area (Å²) < 4.78 is 16.4. The molecule has 0 aliphatic carbocycles. The molecule has 31 heavy (non-hydrogen) atoms. The fourth-order valence-corrected chi connectivity index (χ4v) is 3.41. The van der Waals surface area contributed by atoms with Gasteiger partial charge in [-0.2, -0.15) is 5.10 Å². The van der Waals surface area contributed by atoms with Crippen LogP contribution in [0.15, 0.2) is 63.9 Å². The first kappa shape index (κ1) is 21.2. The standard InChI is InChI=1S/C21H14Cl3N3O4/c22-13-1-3-17(15(7-13)19-5-6-26-31-19)30-11-20(28)27-25-9-12-10-29-18-4-2-14(23)8-16(18)21(12)24/h1-9H,10-11H2,(H,27,28)/b25-9+. The van der Waals surface area contributed by atoms with Gasteiger partial charge in [0.15, 0.2) is 12.4 Å². The summed E-state index contributed by atoms with van der Waals surface area (Å²) in [4.78, 5) is 12.1. The molecule has 0 atom stereocenters. The minimum Gasteiger partial charge on any atom is -0.488 e. The lowest BCUT2D eigenvalue weighted by Gasteiger charge is -2.18. The van der Waals surface area contributed by atoms with Crippen molar-refractivity contribution in [3.8, 4) is 22.8 Å². The molecule has 0 saturated carbocycles. The van der Waals surface area contributed by atoms with Crippen LogP contribution in [-0.4, -0.2) is 30.5 Å². The zero-order chi connectivity index (χ0) is 21.8. The van der Waals surface area contributed by atoms with Crippen LogP contribution in [0.3, 0.4) is 0 Å². The van der Waals surface area contributed by atoms with Gasteiger partial charge in [-0.3, -0.25) is 4.79 Å². The zero-order valence-corrected chi connectivity index (χ0v) is 18.0. The van der Waals surface area contributed by atoms with E-state index in [0.717, 1.165) is 0 Å². The van der Waals surface area contributed by atoms with Crippen LogP contribution in [0.5, 0.6) is 11.5 Å². The predicted molar refractivity (Wildman–Crippen MR) is 119 cm³/mol. The predicted octanol–water partition coefficient (Wildman–Crippen LogP) is 5.17. The lowest BCUT2D eigenvalue weighted by Crippen LogP contribution is -2.25. The van der Waals surface area contributed by atoms with Crippen molar-refractivity contribution < 1.29 is 18.8 Å². The van der Waals surface area contributed by atoms with Gasteiger partial charge in [0.1, 0.15) is 18.1 Å². The normalized spacial score (nSPS) is 13.1. The summed E-state index contributed by atoms with van der Waals surface area (Å²) in [5, 5.41) is 9.09. The van der Waals surface area contributed by atoms with Gasteiger partial charge in [0.25, 0.3) is 5.91 Å². The van der Waals surface area contributed by atoms with Crippen LogP contribution < -0.4 is 14.9 Å². The average molecular weight is 479 g/mol. The number of fused-ring (bicyclic) bond motifs is 1. The van der Waals surface area contributed by atoms with Gasteiger partial charge in [0.05, 0.1) is 23.0 Å². The molecule has 0 bridgehead atoms. The van der Waals surface area contributed by atoms with E-state index in [0.29, 0.717) is 49.0 Å². The molecule has 1 aromatic heterocycles. The first-order valence-corrected chi connectivity index (χ1v) is 10.1. The molecule has 2 aromatic carbocycles. The van der Waals surface area contributed by atoms with Crippen LogP contribution in [0.25, 0.3) is 16.4 Å². The molecule has 0 unspecified atom stereocenters. The van der Waals surface area contributed by atoms with E-state index in [1.54, 1.807) is 42.5 Å². The first-order chi connectivity index (χ1) is 15.0. The van der Waals surface area contributed by atoms with Crippen LogP contribution in [0.2, 0.25) is 10.0 Å². The molecule has 0 fully saturated rings. The monoisotopic (exact) mass is 477 g/mol. The maximum absolute atomic E-state index is 12.1. The minimum atomic E-state index is -0.466. The highest BCUT2D eigenvalue weighted by atomic mass is 35.5. The van der Waals surface area contributed by atoms with Crippen molar-refractivity contribution in [1.82, 2.24) is 10.6 Å². The summed E-state index contributed by atoms with van der Waals surface area (Å²) >= 11 is 18.5. The molecule has 1 aliphatic heterocycles. The highest BCUT2D eigenvalue weighted by molar-refractivity contribution is 6.51. The number of nitrogens with one attached hydrogen (secondary N) is 1. The number of hydrogen-bond donors (Lipinski definition) is 1. The highest BCUT2D eigenvalue weighted by Crippen LogP contribution is 2.36. The lowest BCUT2D eigenvalue weighted by atomic mass is 10.1. The van der Waals surface area contributed by atoms with E-state index in [2.05, 4.69) is 15.7 Å². The molecule has 1 N–H and O–H groups in total. The van der Waals surface area contributed by atoms with Crippen molar-refractivity contribution in [2.24, 2.45) is 5.10 Å². The maximum atomic E-state index is 12.1. The molecule has 4 rings (SSSR count). The second-order valence-electron chi connectivity index (χ2n) is 6.37. The van der Waals surface area contributed by atoms with Crippen LogP contribution in [0, 0.1) is 0 Å². The Morgan fingerprint density at radius 2 is 1.90 bits per heavy atom. The lowest BCUT2D eigenvalue weighted by molar-refractivity contribution is -0.123. The third-order valence-corrected chi connectivity index (χ3v) is 5.17. The number of benzene rings is 2. The van der Waals surface area contributed by atoms with Crippen molar-refractivity contribution in [2.75, 3.05) is 13.2 Å². The van der Waals surface area contributed by atoms with Gasteiger partial charge in [-0.25, -0.2) is 5.43 Å². The summed E-state index contributed by atoms with van der Waals surface area (Å²) in [5.41, 5.74) is 4.24. The van der Waals surface area contributed by atoms with Crippen LogP contribution in [-0.2, 0) is 4.79 Å². The molecule has 1 aliphatic rings. The molecule has 0 saturated heterocycles. The Bertz CT molecular complexity index is 1180. The highest BCUT2D eigenvalue weighted by Gasteiger charge is 2.18. The Labute approximate surface area is 192 Å². The van der Waals surface area contributed by atoms with E-state index in [9.17, 15) is 4.79 Å². The molecule has 0 spiro atoms. The summed E-state index contributed by atoms with van der Waals surface area (Å²) in [5.74, 6) is 1.05.